The van der Waals surface area contributed by atoms with Crippen LogP contribution in [0.1, 0.15) is 18.1 Å². The van der Waals surface area contributed by atoms with Crippen molar-refractivity contribution in [2.75, 3.05) is 5.32 Å². The topological polar surface area (TPSA) is 24.9 Å². The lowest BCUT2D eigenvalue weighted by Crippen LogP contribution is -1.89. The number of nitrogens with zero attached hydrogens (tertiary/aromatic N) is 1. The molecule has 106 valence electrons. The lowest BCUT2D eigenvalue weighted by molar-refractivity contribution is 1.14. The second-order valence-electron chi connectivity index (χ2n) is 5.08. The Kier molecular flexibility index (Phi) is 4.02. The standard InChI is InChI=1S/C18H18N2S/c1-3-14-6-8-15(9-7-14)17-12-21-18(20-17)19-16-10-4-13(2)5-11-16/h4-12H,3H2,1-2H3,(H,19,20). The van der Waals surface area contributed by atoms with Gasteiger partial charge >= 0.3 is 0 Å². The summed E-state index contributed by atoms with van der Waals surface area (Å²) in [6.07, 6.45) is 1.07. The van der Waals surface area contributed by atoms with Crippen LogP contribution >= 0.6 is 11.3 Å². The summed E-state index contributed by atoms with van der Waals surface area (Å²) in [5, 5.41) is 6.37. The number of hydrogen-bond acceptors (Lipinski definition) is 3. The SMILES string of the molecule is CCc1ccc(-c2csc(Nc3ccc(C)cc3)n2)cc1. The van der Waals surface area contributed by atoms with Crippen LogP contribution in [0.4, 0.5) is 10.8 Å². The van der Waals surface area contributed by atoms with Gasteiger partial charge in [0.15, 0.2) is 5.13 Å². The maximum atomic E-state index is 4.66. The molecule has 0 radical (unpaired) electrons. The molecular weight excluding hydrogens is 276 g/mol. The van der Waals surface area contributed by atoms with E-state index < -0.39 is 0 Å². The molecule has 3 heteroatoms. The minimum absolute atomic E-state index is 0.924. The Morgan fingerprint density at radius 1 is 1.00 bits per heavy atom. The van der Waals surface area contributed by atoms with E-state index in [4.69, 9.17) is 0 Å². The zero-order valence-corrected chi connectivity index (χ0v) is 13.1. The predicted molar refractivity (Wildman–Crippen MR) is 91.4 cm³/mol. The summed E-state index contributed by atoms with van der Waals surface area (Å²) in [4.78, 5) is 4.66. The number of aromatic nitrogens is 1. The van der Waals surface area contributed by atoms with Gasteiger partial charge in [-0.15, -0.1) is 11.3 Å². The highest BCUT2D eigenvalue weighted by Gasteiger charge is 2.05. The van der Waals surface area contributed by atoms with E-state index in [2.05, 4.69) is 78.1 Å². The van der Waals surface area contributed by atoms with Crippen molar-refractivity contribution in [2.45, 2.75) is 20.3 Å². The zero-order chi connectivity index (χ0) is 14.7. The molecule has 0 atom stereocenters. The van der Waals surface area contributed by atoms with Gasteiger partial charge in [0.05, 0.1) is 5.69 Å². The fourth-order valence-corrected chi connectivity index (χ4v) is 2.88. The fourth-order valence-electron chi connectivity index (χ4n) is 2.14. The molecule has 1 heterocycles. The normalized spacial score (nSPS) is 10.6. The van der Waals surface area contributed by atoms with Gasteiger partial charge in [0.2, 0.25) is 0 Å². The molecule has 0 aliphatic heterocycles. The molecule has 3 aromatic rings. The second kappa shape index (κ2) is 6.10. The number of anilines is 2. The van der Waals surface area contributed by atoms with E-state index in [1.807, 2.05) is 0 Å². The first-order valence-corrected chi connectivity index (χ1v) is 8.01. The molecule has 0 amide bonds. The van der Waals surface area contributed by atoms with Crippen molar-refractivity contribution in [1.82, 2.24) is 4.98 Å². The Labute approximate surface area is 129 Å². The van der Waals surface area contributed by atoms with Gasteiger partial charge in [0.25, 0.3) is 0 Å². The average molecular weight is 294 g/mol. The van der Waals surface area contributed by atoms with Crippen LogP contribution in [0.5, 0.6) is 0 Å². The molecule has 0 spiro atoms. The highest BCUT2D eigenvalue weighted by molar-refractivity contribution is 7.14. The molecule has 0 bridgehead atoms. The Hall–Kier alpha value is -2.13. The smallest absolute Gasteiger partial charge is 0.187 e. The van der Waals surface area contributed by atoms with E-state index in [9.17, 15) is 0 Å². The molecule has 21 heavy (non-hydrogen) atoms. The quantitative estimate of drug-likeness (QED) is 0.694. The van der Waals surface area contributed by atoms with E-state index in [1.165, 1.54) is 16.7 Å². The zero-order valence-electron chi connectivity index (χ0n) is 12.3. The predicted octanol–water partition coefficient (Wildman–Crippen LogP) is 5.42. The molecule has 0 fully saturated rings. The summed E-state index contributed by atoms with van der Waals surface area (Å²) in [6.45, 7) is 4.26. The third kappa shape index (κ3) is 3.31. The third-order valence-electron chi connectivity index (χ3n) is 3.46. The molecule has 0 unspecified atom stereocenters. The van der Waals surface area contributed by atoms with Crippen molar-refractivity contribution >= 4 is 22.2 Å². The Morgan fingerprint density at radius 3 is 2.38 bits per heavy atom. The first-order valence-electron chi connectivity index (χ1n) is 7.13. The maximum absolute atomic E-state index is 4.66. The number of hydrogen-bond donors (Lipinski definition) is 1. The molecule has 0 saturated carbocycles. The van der Waals surface area contributed by atoms with Crippen molar-refractivity contribution in [3.63, 3.8) is 0 Å². The average Bonchev–Trinajstić information content (AvgIpc) is 2.98. The molecule has 1 aromatic heterocycles. The first kappa shape index (κ1) is 13.8. The van der Waals surface area contributed by atoms with Gasteiger partial charge < -0.3 is 5.32 Å². The molecule has 0 saturated heterocycles. The second-order valence-corrected chi connectivity index (χ2v) is 5.94. The van der Waals surface area contributed by atoms with E-state index in [0.717, 1.165) is 22.9 Å². The maximum Gasteiger partial charge on any atom is 0.187 e. The molecule has 1 N–H and O–H groups in total. The fraction of sp³-hybridized carbons (Fsp3) is 0.167. The highest BCUT2D eigenvalue weighted by Crippen LogP contribution is 2.27. The van der Waals surface area contributed by atoms with E-state index in [1.54, 1.807) is 11.3 Å². The van der Waals surface area contributed by atoms with E-state index in [-0.39, 0.29) is 0 Å². The number of rotatable bonds is 4. The number of benzene rings is 2. The van der Waals surface area contributed by atoms with Crippen LogP contribution in [0, 0.1) is 6.92 Å². The summed E-state index contributed by atoms with van der Waals surface area (Å²) >= 11 is 1.63. The number of thiazole rings is 1. The largest absolute Gasteiger partial charge is 0.332 e. The molecule has 2 aromatic carbocycles. The molecule has 0 aliphatic rings. The Bertz CT molecular complexity index is 712. The summed E-state index contributed by atoms with van der Waals surface area (Å²) < 4.78 is 0. The third-order valence-corrected chi connectivity index (χ3v) is 4.22. The molecular formula is C18H18N2S. The van der Waals surface area contributed by atoms with Gasteiger partial charge in [0, 0.05) is 16.6 Å². The van der Waals surface area contributed by atoms with E-state index in [0.29, 0.717) is 0 Å². The van der Waals surface area contributed by atoms with Crippen molar-refractivity contribution in [3.8, 4) is 11.3 Å². The van der Waals surface area contributed by atoms with Crippen molar-refractivity contribution in [2.24, 2.45) is 0 Å². The molecule has 2 nitrogen and oxygen atoms in total. The van der Waals surface area contributed by atoms with Gasteiger partial charge in [-0.2, -0.15) is 0 Å². The minimum Gasteiger partial charge on any atom is -0.332 e. The van der Waals surface area contributed by atoms with Crippen molar-refractivity contribution in [1.29, 1.82) is 0 Å². The highest BCUT2D eigenvalue weighted by atomic mass is 32.1. The minimum atomic E-state index is 0.924. The molecule has 0 aliphatic carbocycles. The van der Waals surface area contributed by atoms with Crippen LogP contribution < -0.4 is 5.32 Å². The van der Waals surface area contributed by atoms with Crippen molar-refractivity contribution < 1.29 is 0 Å². The van der Waals surface area contributed by atoms with Crippen LogP contribution in [0.3, 0.4) is 0 Å². The van der Waals surface area contributed by atoms with Gasteiger partial charge in [-0.05, 0) is 31.0 Å². The van der Waals surface area contributed by atoms with Crippen LogP contribution in [0.25, 0.3) is 11.3 Å². The van der Waals surface area contributed by atoms with Gasteiger partial charge in [-0.3, -0.25) is 0 Å². The van der Waals surface area contributed by atoms with Crippen LogP contribution in [-0.2, 0) is 6.42 Å². The lowest BCUT2D eigenvalue weighted by Gasteiger charge is -2.02. The Morgan fingerprint density at radius 2 is 1.71 bits per heavy atom. The first-order chi connectivity index (χ1) is 10.2. The van der Waals surface area contributed by atoms with Crippen molar-refractivity contribution in [3.05, 3.63) is 65.0 Å². The summed E-state index contributed by atoms with van der Waals surface area (Å²) in [5.74, 6) is 0. The summed E-state index contributed by atoms with van der Waals surface area (Å²) in [7, 11) is 0. The summed E-state index contributed by atoms with van der Waals surface area (Å²) in [6, 6.07) is 17.0. The van der Waals surface area contributed by atoms with Crippen LogP contribution in [0.15, 0.2) is 53.9 Å². The Balaban J connectivity index is 1.77. The van der Waals surface area contributed by atoms with Gasteiger partial charge in [-0.1, -0.05) is 48.9 Å². The lowest BCUT2D eigenvalue weighted by atomic mass is 10.1. The number of aryl methyl sites for hydroxylation is 2. The van der Waals surface area contributed by atoms with Crippen LogP contribution in [-0.4, -0.2) is 4.98 Å². The van der Waals surface area contributed by atoms with E-state index >= 15 is 0 Å². The number of nitrogens with one attached hydrogen (secondary N) is 1. The summed E-state index contributed by atoms with van der Waals surface area (Å²) in [5.41, 5.74) is 5.88. The van der Waals surface area contributed by atoms with Crippen LogP contribution in [0.2, 0.25) is 0 Å². The van der Waals surface area contributed by atoms with Gasteiger partial charge in [-0.25, -0.2) is 4.98 Å². The molecule has 3 rings (SSSR count). The van der Waals surface area contributed by atoms with Gasteiger partial charge in [0.1, 0.15) is 0 Å². The monoisotopic (exact) mass is 294 g/mol.